The molecule has 1 unspecified atom stereocenters. The van der Waals surface area contributed by atoms with Gasteiger partial charge in [0, 0.05) is 35.5 Å². The summed E-state index contributed by atoms with van der Waals surface area (Å²) in [4.78, 5) is 15.6. The smallest absolute Gasteiger partial charge is 0.253 e. The van der Waals surface area contributed by atoms with Crippen molar-refractivity contribution in [3.05, 3.63) is 82.7 Å². The van der Waals surface area contributed by atoms with Gasteiger partial charge in [0.05, 0.1) is 29.5 Å². The van der Waals surface area contributed by atoms with Crippen molar-refractivity contribution in [1.29, 1.82) is 0 Å². The Morgan fingerprint density at radius 1 is 1.16 bits per heavy atom. The van der Waals surface area contributed by atoms with Crippen molar-refractivity contribution in [2.24, 2.45) is 12.1 Å². The van der Waals surface area contributed by atoms with Crippen LogP contribution in [-0.2, 0) is 11.8 Å². The van der Waals surface area contributed by atoms with Gasteiger partial charge in [-0.15, -0.1) is 23.1 Å². The van der Waals surface area contributed by atoms with Crippen molar-refractivity contribution in [3.8, 4) is 5.75 Å². The summed E-state index contributed by atoms with van der Waals surface area (Å²) >= 11 is 3.22. The van der Waals surface area contributed by atoms with Gasteiger partial charge >= 0.3 is 0 Å². The molecule has 0 aliphatic carbocycles. The molecule has 7 heteroatoms. The third kappa shape index (κ3) is 3.94. The van der Waals surface area contributed by atoms with Gasteiger partial charge in [0.15, 0.2) is 0 Å². The highest BCUT2D eigenvalue weighted by Gasteiger charge is 2.33. The lowest BCUT2D eigenvalue weighted by atomic mass is 10.0. The molecule has 0 N–H and O–H groups in total. The molecule has 4 aromatic rings. The van der Waals surface area contributed by atoms with E-state index < -0.39 is 0 Å². The number of thiophene rings is 1. The number of aryl methyl sites for hydroxylation is 1. The predicted molar refractivity (Wildman–Crippen MR) is 132 cm³/mol. The van der Waals surface area contributed by atoms with Crippen LogP contribution in [0.5, 0.6) is 5.75 Å². The second-order valence-electron chi connectivity index (χ2n) is 7.67. The molecule has 5 rings (SSSR count). The van der Waals surface area contributed by atoms with Crippen molar-refractivity contribution in [3.63, 3.8) is 0 Å². The summed E-state index contributed by atoms with van der Waals surface area (Å²) in [7, 11) is 3.69. The van der Waals surface area contributed by atoms with Gasteiger partial charge < -0.3 is 9.30 Å². The highest BCUT2D eigenvalue weighted by molar-refractivity contribution is 8.00. The number of methoxy groups -OCH3 is 1. The Hall–Kier alpha value is -3.03. The molecule has 2 aromatic heterocycles. The number of thioether (sulfide) groups is 1. The van der Waals surface area contributed by atoms with E-state index in [1.165, 1.54) is 5.39 Å². The fourth-order valence-electron chi connectivity index (χ4n) is 4.04. The van der Waals surface area contributed by atoms with E-state index in [1.54, 1.807) is 35.2 Å². The Bertz CT molecular complexity index is 1280. The van der Waals surface area contributed by atoms with Gasteiger partial charge in [0.25, 0.3) is 5.91 Å². The Balaban J connectivity index is 1.40. The number of ether oxygens (including phenoxy) is 1. The first-order valence-electron chi connectivity index (χ1n) is 10.4. The highest BCUT2D eigenvalue weighted by atomic mass is 32.2. The van der Waals surface area contributed by atoms with Gasteiger partial charge in [-0.3, -0.25) is 4.79 Å². The molecule has 1 atom stereocenters. The van der Waals surface area contributed by atoms with Crippen LogP contribution in [0, 0.1) is 0 Å². The quantitative estimate of drug-likeness (QED) is 0.345. The molecule has 32 heavy (non-hydrogen) atoms. The molecule has 0 fully saturated rings. The van der Waals surface area contributed by atoms with Gasteiger partial charge in [0.2, 0.25) is 0 Å². The number of hydrogen-bond acceptors (Lipinski definition) is 5. The fourth-order valence-corrected chi connectivity index (χ4v) is 5.74. The molecule has 0 saturated carbocycles. The van der Waals surface area contributed by atoms with Crippen molar-refractivity contribution >= 4 is 45.6 Å². The topological polar surface area (TPSA) is 46.8 Å². The van der Waals surface area contributed by atoms with E-state index in [0.717, 1.165) is 32.3 Å². The summed E-state index contributed by atoms with van der Waals surface area (Å²) in [6, 6.07) is 20.2. The standard InChI is InChI=1S/C25H23N3O2S2/c1-27-15-24(19-6-3-4-7-21(19)27)32-16-25(29)28-22(17-9-11-18(30-2)12-10-17)14-20(26-28)23-8-5-13-31-23/h3-13,15,22H,14,16H2,1-2H3. The number of benzene rings is 2. The summed E-state index contributed by atoms with van der Waals surface area (Å²) in [5.74, 6) is 1.15. The van der Waals surface area contributed by atoms with Crippen LogP contribution in [0.2, 0.25) is 0 Å². The van der Waals surface area contributed by atoms with Crippen LogP contribution in [0.1, 0.15) is 22.9 Å². The largest absolute Gasteiger partial charge is 0.497 e. The average Bonchev–Trinajstić information content (AvgIpc) is 3.57. The normalized spacial score (nSPS) is 15.9. The first-order valence-corrected chi connectivity index (χ1v) is 12.2. The second-order valence-corrected chi connectivity index (χ2v) is 9.63. The summed E-state index contributed by atoms with van der Waals surface area (Å²) < 4.78 is 7.40. The monoisotopic (exact) mass is 461 g/mol. The van der Waals surface area contributed by atoms with Crippen LogP contribution in [0.3, 0.4) is 0 Å². The van der Waals surface area contributed by atoms with Crippen LogP contribution in [0.4, 0.5) is 0 Å². The summed E-state index contributed by atoms with van der Waals surface area (Å²) in [6.07, 6.45) is 2.80. The van der Waals surface area contributed by atoms with Gasteiger partial charge in [-0.2, -0.15) is 5.10 Å². The molecular weight excluding hydrogens is 438 g/mol. The number of carbonyl (C=O) groups is 1. The van der Waals surface area contributed by atoms with Crippen LogP contribution in [0.25, 0.3) is 10.9 Å². The number of fused-ring (bicyclic) bond motifs is 1. The third-order valence-electron chi connectivity index (χ3n) is 5.68. The van der Waals surface area contributed by atoms with E-state index in [2.05, 4.69) is 29.0 Å². The van der Waals surface area contributed by atoms with Crippen LogP contribution >= 0.6 is 23.1 Å². The van der Waals surface area contributed by atoms with Crippen molar-refractivity contribution in [1.82, 2.24) is 9.58 Å². The Morgan fingerprint density at radius 2 is 1.97 bits per heavy atom. The molecule has 1 aliphatic rings. The van der Waals surface area contributed by atoms with Gasteiger partial charge in [-0.25, -0.2) is 5.01 Å². The summed E-state index contributed by atoms with van der Waals surface area (Å²) in [5, 5.41) is 9.66. The van der Waals surface area contributed by atoms with Crippen molar-refractivity contribution < 1.29 is 9.53 Å². The molecule has 1 amide bonds. The minimum Gasteiger partial charge on any atom is -0.497 e. The lowest BCUT2D eigenvalue weighted by Gasteiger charge is -2.22. The van der Waals surface area contributed by atoms with E-state index in [-0.39, 0.29) is 11.9 Å². The maximum atomic E-state index is 13.4. The number of carbonyl (C=O) groups excluding carboxylic acids is 1. The zero-order chi connectivity index (χ0) is 22.1. The van der Waals surface area contributed by atoms with Crippen LogP contribution in [0.15, 0.2) is 82.2 Å². The number of hydrogen-bond donors (Lipinski definition) is 0. The molecule has 0 bridgehead atoms. The molecule has 0 saturated heterocycles. The second kappa shape index (κ2) is 8.84. The molecule has 0 spiro atoms. The highest BCUT2D eigenvalue weighted by Crippen LogP contribution is 2.36. The van der Waals surface area contributed by atoms with E-state index >= 15 is 0 Å². The van der Waals surface area contributed by atoms with Gasteiger partial charge in [0.1, 0.15) is 5.75 Å². The Labute approximate surface area is 195 Å². The van der Waals surface area contributed by atoms with Crippen molar-refractivity contribution in [2.45, 2.75) is 17.4 Å². The number of para-hydroxylation sites is 1. The van der Waals surface area contributed by atoms with E-state index in [0.29, 0.717) is 12.2 Å². The minimum atomic E-state index is -0.112. The maximum absolute atomic E-state index is 13.4. The molecule has 162 valence electrons. The number of amides is 1. The molecular formula is C25H23N3O2S2. The molecule has 5 nitrogen and oxygen atoms in total. The molecule has 1 aliphatic heterocycles. The zero-order valence-electron chi connectivity index (χ0n) is 17.9. The molecule has 3 heterocycles. The van der Waals surface area contributed by atoms with Crippen molar-refractivity contribution in [2.75, 3.05) is 12.9 Å². The number of nitrogens with zero attached hydrogens (tertiary/aromatic N) is 3. The Kier molecular flexibility index (Phi) is 5.76. The first kappa shape index (κ1) is 20.8. The molecule has 2 aromatic carbocycles. The number of rotatable bonds is 6. The lowest BCUT2D eigenvalue weighted by Crippen LogP contribution is -2.28. The molecule has 0 radical (unpaired) electrons. The van der Waals surface area contributed by atoms with Gasteiger partial charge in [-0.1, -0.05) is 36.4 Å². The minimum absolute atomic E-state index is 0.00954. The zero-order valence-corrected chi connectivity index (χ0v) is 19.5. The predicted octanol–water partition coefficient (Wildman–Crippen LogP) is 5.72. The van der Waals surface area contributed by atoms with Crippen LogP contribution in [-0.4, -0.2) is 34.1 Å². The van der Waals surface area contributed by atoms with Crippen LogP contribution < -0.4 is 4.74 Å². The summed E-state index contributed by atoms with van der Waals surface area (Å²) in [6.45, 7) is 0. The lowest BCUT2D eigenvalue weighted by molar-refractivity contribution is -0.130. The first-order chi connectivity index (χ1) is 15.6. The summed E-state index contributed by atoms with van der Waals surface area (Å²) in [5.41, 5.74) is 3.19. The van der Waals surface area contributed by atoms with E-state index in [4.69, 9.17) is 9.84 Å². The number of hydrazone groups is 1. The SMILES string of the molecule is COc1ccc(C2CC(c3cccs3)=NN2C(=O)CSc2cn(C)c3ccccc23)cc1. The average molecular weight is 462 g/mol. The van der Waals surface area contributed by atoms with E-state index in [9.17, 15) is 4.79 Å². The van der Waals surface area contributed by atoms with Gasteiger partial charge in [-0.05, 0) is 35.2 Å². The maximum Gasteiger partial charge on any atom is 0.253 e. The van der Waals surface area contributed by atoms with E-state index in [1.807, 2.05) is 54.9 Å². The fraction of sp³-hybridized carbons (Fsp3) is 0.200. The third-order valence-corrected chi connectivity index (χ3v) is 7.63. The number of aromatic nitrogens is 1. The Morgan fingerprint density at radius 3 is 2.72 bits per heavy atom.